The van der Waals surface area contributed by atoms with Crippen LogP contribution in [0.2, 0.25) is 5.02 Å². The molecule has 1 aromatic carbocycles. The molecular weight excluding hydrogens is 320 g/mol. The normalized spacial score (nSPS) is 11.7. The zero-order valence-corrected chi connectivity index (χ0v) is 14.1. The third-order valence-corrected chi connectivity index (χ3v) is 3.43. The van der Waals surface area contributed by atoms with Crippen molar-refractivity contribution >= 4 is 29.4 Å². The number of rotatable bonds is 7. The summed E-state index contributed by atoms with van der Waals surface area (Å²) in [5.74, 6) is -1.19. The molecule has 0 bridgehead atoms. The highest BCUT2D eigenvalue weighted by Crippen LogP contribution is 2.09. The highest BCUT2D eigenvalue weighted by Gasteiger charge is 2.24. The van der Waals surface area contributed by atoms with Gasteiger partial charge in [-0.15, -0.1) is 0 Å². The van der Waals surface area contributed by atoms with Crippen LogP contribution in [-0.2, 0) is 14.3 Å². The lowest BCUT2D eigenvalue weighted by Crippen LogP contribution is -2.45. The van der Waals surface area contributed by atoms with Crippen molar-refractivity contribution in [1.29, 1.82) is 0 Å². The lowest BCUT2D eigenvalue weighted by atomic mass is 10.0. The number of methoxy groups -OCH3 is 1. The van der Waals surface area contributed by atoms with Crippen LogP contribution in [0.25, 0.3) is 0 Å². The Kier molecular flexibility index (Phi) is 7.54. The summed E-state index contributed by atoms with van der Waals surface area (Å²) in [6.45, 7) is 3.79. The smallest absolute Gasteiger partial charge is 0.328 e. The molecule has 23 heavy (non-hydrogen) atoms. The van der Waals surface area contributed by atoms with Gasteiger partial charge in [-0.2, -0.15) is 0 Å². The number of carbonyl (C=O) groups is 3. The van der Waals surface area contributed by atoms with Crippen molar-refractivity contribution in [2.45, 2.75) is 26.3 Å². The molecule has 1 aromatic rings. The molecule has 0 unspecified atom stereocenters. The van der Waals surface area contributed by atoms with Gasteiger partial charge in [0.25, 0.3) is 5.91 Å². The zero-order chi connectivity index (χ0) is 17.4. The van der Waals surface area contributed by atoms with E-state index in [0.29, 0.717) is 10.6 Å². The summed E-state index contributed by atoms with van der Waals surface area (Å²) in [6, 6.07) is 5.74. The SMILES string of the molecule is COC(=O)[C@@H](NC(=O)CCNC(=O)c1ccc(Cl)cc1)C(C)C. The molecule has 0 spiro atoms. The van der Waals surface area contributed by atoms with Gasteiger partial charge < -0.3 is 15.4 Å². The third kappa shape index (κ3) is 6.28. The number of hydrogen-bond donors (Lipinski definition) is 2. The minimum atomic E-state index is -0.695. The second kappa shape index (κ2) is 9.15. The minimum absolute atomic E-state index is 0.0690. The molecule has 0 radical (unpaired) electrons. The number of carbonyl (C=O) groups excluding carboxylic acids is 3. The topological polar surface area (TPSA) is 84.5 Å². The van der Waals surface area contributed by atoms with E-state index in [4.69, 9.17) is 11.6 Å². The second-order valence-corrected chi connectivity index (χ2v) is 5.76. The van der Waals surface area contributed by atoms with Crippen molar-refractivity contribution in [2.75, 3.05) is 13.7 Å². The van der Waals surface area contributed by atoms with Crippen molar-refractivity contribution in [1.82, 2.24) is 10.6 Å². The van der Waals surface area contributed by atoms with Crippen LogP contribution < -0.4 is 10.6 Å². The van der Waals surface area contributed by atoms with Crippen LogP contribution >= 0.6 is 11.6 Å². The predicted octanol–water partition coefficient (Wildman–Crippen LogP) is 1.77. The standard InChI is InChI=1S/C16H21ClN2O4/c1-10(2)14(16(22)23-3)19-13(20)8-9-18-15(21)11-4-6-12(17)7-5-11/h4-7,10,14H,8-9H2,1-3H3,(H,18,21)(H,19,20)/t14-/m0/s1. The number of nitrogens with one attached hydrogen (secondary N) is 2. The van der Waals surface area contributed by atoms with E-state index in [2.05, 4.69) is 15.4 Å². The first-order valence-corrected chi connectivity index (χ1v) is 7.64. The van der Waals surface area contributed by atoms with Crippen LogP contribution in [0, 0.1) is 5.92 Å². The van der Waals surface area contributed by atoms with E-state index in [1.54, 1.807) is 24.3 Å². The van der Waals surface area contributed by atoms with Crippen molar-refractivity contribution in [3.8, 4) is 0 Å². The van der Waals surface area contributed by atoms with Gasteiger partial charge in [0.1, 0.15) is 6.04 Å². The maximum absolute atomic E-state index is 11.9. The Morgan fingerprint density at radius 3 is 2.30 bits per heavy atom. The number of hydrogen-bond acceptors (Lipinski definition) is 4. The molecule has 0 aromatic heterocycles. The van der Waals surface area contributed by atoms with E-state index in [1.165, 1.54) is 7.11 Å². The van der Waals surface area contributed by atoms with Crippen molar-refractivity contribution < 1.29 is 19.1 Å². The molecule has 0 heterocycles. The summed E-state index contributed by atoms with van der Waals surface area (Å²) < 4.78 is 4.65. The summed E-state index contributed by atoms with van der Waals surface area (Å²) in [5.41, 5.74) is 0.462. The molecule has 126 valence electrons. The highest BCUT2D eigenvalue weighted by molar-refractivity contribution is 6.30. The van der Waals surface area contributed by atoms with Gasteiger partial charge in [0, 0.05) is 23.6 Å². The molecule has 0 saturated carbocycles. The Morgan fingerprint density at radius 1 is 1.17 bits per heavy atom. The molecule has 1 rings (SSSR count). The van der Waals surface area contributed by atoms with Gasteiger partial charge in [-0.3, -0.25) is 9.59 Å². The summed E-state index contributed by atoms with van der Waals surface area (Å²) in [5, 5.41) is 5.79. The maximum Gasteiger partial charge on any atom is 0.328 e. The van der Waals surface area contributed by atoms with Gasteiger partial charge in [0.15, 0.2) is 0 Å². The van der Waals surface area contributed by atoms with E-state index < -0.39 is 12.0 Å². The lowest BCUT2D eigenvalue weighted by Gasteiger charge is -2.19. The van der Waals surface area contributed by atoms with E-state index in [9.17, 15) is 14.4 Å². The van der Waals surface area contributed by atoms with Gasteiger partial charge >= 0.3 is 5.97 Å². The predicted molar refractivity (Wildman–Crippen MR) is 87.2 cm³/mol. The van der Waals surface area contributed by atoms with Crippen molar-refractivity contribution in [3.05, 3.63) is 34.9 Å². The van der Waals surface area contributed by atoms with Gasteiger partial charge in [0.2, 0.25) is 5.91 Å². The fraction of sp³-hybridized carbons (Fsp3) is 0.438. The molecule has 0 aliphatic heterocycles. The van der Waals surface area contributed by atoms with Crippen LogP contribution in [0.1, 0.15) is 30.6 Å². The molecule has 0 saturated heterocycles. The quantitative estimate of drug-likeness (QED) is 0.741. The van der Waals surface area contributed by atoms with Crippen LogP contribution in [0.15, 0.2) is 24.3 Å². The number of amides is 2. The first-order valence-electron chi connectivity index (χ1n) is 7.26. The summed E-state index contributed by atoms with van der Waals surface area (Å²) in [4.78, 5) is 35.3. The number of halogens is 1. The van der Waals surface area contributed by atoms with E-state index >= 15 is 0 Å². The third-order valence-electron chi connectivity index (χ3n) is 3.18. The van der Waals surface area contributed by atoms with Crippen LogP contribution in [0.5, 0.6) is 0 Å². The van der Waals surface area contributed by atoms with Crippen molar-refractivity contribution in [3.63, 3.8) is 0 Å². The molecule has 0 aliphatic carbocycles. The van der Waals surface area contributed by atoms with Gasteiger partial charge in [-0.25, -0.2) is 4.79 Å². The Hall–Kier alpha value is -2.08. The van der Waals surface area contributed by atoms with E-state index in [-0.39, 0.29) is 30.7 Å². The molecule has 2 amide bonds. The molecule has 7 heteroatoms. The van der Waals surface area contributed by atoms with Crippen molar-refractivity contribution in [2.24, 2.45) is 5.92 Å². The van der Waals surface area contributed by atoms with Crippen LogP contribution in [-0.4, -0.2) is 37.5 Å². The van der Waals surface area contributed by atoms with Crippen LogP contribution in [0.4, 0.5) is 0 Å². The first-order chi connectivity index (χ1) is 10.8. The van der Waals surface area contributed by atoms with Gasteiger partial charge in [0.05, 0.1) is 7.11 Å². The van der Waals surface area contributed by atoms with Gasteiger partial charge in [-0.05, 0) is 30.2 Å². The zero-order valence-electron chi connectivity index (χ0n) is 13.4. The summed E-state index contributed by atoms with van der Waals surface area (Å²) >= 11 is 5.75. The fourth-order valence-corrected chi connectivity index (χ4v) is 1.99. The Balaban J connectivity index is 2.42. The molecule has 6 nitrogen and oxygen atoms in total. The summed E-state index contributed by atoms with van der Waals surface area (Å²) in [6.07, 6.45) is 0.0690. The number of ether oxygens (including phenoxy) is 1. The molecule has 2 N–H and O–H groups in total. The molecular formula is C16H21ClN2O4. The Morgan fingerprint density at radius 2 is 1.78 bits per heavy atom. The average molecular weight is 341 g/mol. The summed E-state index contributed by atoms with van der Waals surface area (Å²) in [7, 11) is 1.27. The maximum atomic E-state index is 11.9. The largest absolute Gasteiger partial charge is 0.467 e. The monoisotopic (exact) mass is 340 g/mol. The van der Waals surface area contributed by atoms with E-state index in [1.807, 2.05) is 13.8 Å². The highest BCUT2D eigenvalue weighted by atomic mass is 35.5. The molecule has 1 atom stereocenters. The van der Waals surface area contributed by atoms with Gasteiger partial charge in [-0.1, -0.05) is 25.4 Å². The van der Waals surface area contributed by atoms with Crippen LogP contribution in [0.3, 0.4) is 0 Å². The Labute approximate surface area is 140 Å². The fourth-order valence-electron chi connectivity index (χ4n) is 1.86. The van der Waals surface area contributed by atoms with E-state index in [0.717, 1.165) is 0 Å². The first kappa shape index (κ1) is 19.0. The molecule has 0 aliphatic rings. The number of esters is 1. The lowest BCUT2D eigenvalue weighted by molar-refractivity contribution is -0.146. The average Bonchev–Trinajstić information content (AvgIpc) is 2.52. The number of benzene rings is 1. The Bertz CT molecular complexity index is 558. The minimum Gasteiger partial charge on any atom is -0.467 e. The molecule has 0 fully saturated rings. The second-order valence-electron chi connectivity index (χ2n) is 5.33.